The van der Waals surface area contributed by atoms with Gasteiger partial charge < -0.3 is 20.1 Å². The fourth-order valence-corrected chi connectivity index (χ4v) is 2.39. The van der Waals surface area contributed by atoms with E-state index in [9.17, 15) is 5.11 Å². The molecule has 1 saturated heterocycles. The van der Waals surface area contributed by atoms with Crippen molar-refractivity contribution in [3.05, 3.63) is 24.3 Å². The zero-order valence-electron chi connectivity index (χ0n) is 11.1. The summed E-state index contributed by atoms with van der Waals surface area (Å²) >= 11 is 0. The highest BCUT2D eigenvalue weighted by Gasteiger charge is 2.22. The molecule has 1 heterocycles. The van der Waals surface area contributed by atoms with Gasteiger partial charge in [0.05, 0.1) is 13.7 Å². The third-order valence-electron chi connectivity index (χ3n) is 3.57. The number of hydrogen-bond donors (Lipinski definition) is 2. The number of benzene rings is 1. The third-order valence-corrected chi connectivity index (χ3v) is 3.57. The molecule has 2 rings (SSSR count). The van der Waals surface area contributed by atoms with Crippen LogP contribution in [0.1, 0.15) is 13.3 Å². The fourth-order valence-electron chi connectivity index (χ4n) is 2.39. The number of aliphatic hydroxyl groups excluding tert-OH is 1. The summed E-state index contributed by atoms with van der Waals surface area (Å²) in [5.74, 6) is 0.873. The minimum atomic E-state index is 0.150. The summed E-state index contributed by atoms with van der Waals surface area (Å²) in [6.45, 7) is 4.20. The number of nitrogens with zero attached hydrogens (tertiary/aromatic N) is 1. The highest BCUT2D eigenvalue weighted by Crippen LogP contribution is 2.23. The Hall–Kier alpha value is -1.26. The second-order valence-corrected chi connectivity index (χ2v) is 4.82. The van der Waals surface area contributed by atoms with Crippen molar-refractivity contribution in [3.8, 4) is 5.75 Å². The van der Waals surface area contributed by atoms with Crippen molar-refractivity contribution >= 4 is 5.69 Å². The zero-order chi connectivity index (χ0) is 13.0. The Bertz CT molecular complexity index is 367. The molecule has 0 aromatic heterocycles. The Morgan fingerprint density at radius 2 is 2.11 bits per heavy atom. The molecule has 2 N–H and O–H groups in total. The largest absolute Gasteiger partial charge is 0.497 e. The molecule has 1 fully saturated rings. The highest BCUT2D eigenvalue weighted by atomic mass is 16.5. The van der Waals surface area contributed by atoms with Crippen LogP contribution in [0.5, 0.6) is 5.75 Å². The first-order chi connectivity index (χ1) is 8.74. The van der Waals surface area contributed by atoms with Gasteiger partial charge >= 0.3 is 0 Å². The Kier molecular flexibility index (Phi) is 4.44. The molecule has 0 bridgehead atoms. The molecule has 0 saturated carbocycles. The van der Waals surface area contributed by atoms with Crippen molar-refractivity contribution < 1.29 is 9.84 Å². The number of methoxy groups -OCH3 is 1. The lowest BCUT2D eigenvalue weighted by Crippen LogP contribution is -2.42. The number of hydrogen-bond acceptors (Lipinski definition) is 4. The maximum absolute atomic E-state index is 9.34. The number of ether oxygens (including phenoxy) is 1. The van der Waals surface area contributed by atoms with E-state index in [1.807, 2.05) is 12.1 Å². The molecule has 0 aliphatic carbocycles. The van der Waals surface area contributed by atoms with Gasteiger partial charge in [-0.05, 0) is 44.2 Å². The number of rotatable bonds is 3. The van der Waals surface area contributed by atoms with Crippen LogP contribution in [0.15, 0.2) is 24.3 Å². The van der Waals surface area contributed by atoms with Gasteiger partial charge in [0.2, 0.25) is 0 Å². The van der Waals surface area contributed by atoms with Crippen LogP contribution in [-0.4, -0.2) is 44.0 Å². The highest BCUT2D eigenvalue weighted by molar-refractivity contribution is 5.50. The lowest BCUT2D eigenvalue weighted by Gasteiger charge is -2.31. The number of nitrogens with one attached hydrogen (secondary N) is 1. The van der Waals surface area contributed by atoms with Crippen molar-refractivity contribution in [1.29, 1.82) is 0 Å². The van der Waals surface area contributed by atoms with E-state index in [0.717, 1.165) is 25.3 Å². The summed E-state index contributed by atoms with van der Waals surface area (Å²) < 4.78 is 5.18. The van der Waals surface area contributed by atoms with E-state index < -0.39 is 0 Å². The molecule has 1 aliphatic heterocycles. The molecule has 4 heteroatoms. The summed E-state index contributed by atoms with van der Waals surface area (Å²) in [5.41, 5.74) is 1.19. The third kappa shape index (κ3) is 2.94. The van der Waals surface area contributed by atoms with Crippen LogP contribution in [0.25, 0.3) is 0 Å². The maximum Gasteiger partial charge on any atom is 0.119 e. The van der Waals surface area contributed by atoms with Crippen LogP contribution in [0, 0.1) is 0 Å². The predicted molar refractivity (Wildman–Crippen MR) is 73.3 cm³/mol. The van der Waals surface area contributed by atoms with E-state index in [4.69, 9.17) is 4.74 Å². The quantitative estimate of drug-likeness (QED) is 0.847. The Morgan fingerprint density at radius 1 is 1.39 bits per heavy atom. The molecule has 0 amide bonds. The summed E-state index contributed by atoms with van der Waals surface area (Å²) in [4.78, 5) is 2.35. The van der Waals surface area contributed by atoms with E-state index in [2.05, 4.69) is 29.3 Å². The van der Waals surface area contributed by atoms with Gasteiger partial charge in [0.25, 0.3) is 0 Å². The van der Waals surface area contributed by atoms with Crippen molar-refractivity contribution in [1.82, 2.24) is 5.32 Å². The molecule has 18 heavy (non-hydrogen) atoms. The lowest BCUT2D eigenvalue weighted by atomic mass is 10.1. The van der Waals surface area contributed by atoms with Gasteiger partial charge in [0.1, 0.15) is 5.75 Å². The molecule has 2 unspecified atom stereocenters. The molecule has 4 nitrogen and oxygen atoms in total. The Labute approximate surface area is 109 Å². The monoisotopic (exact) mass is 250 g/mol. The van der Waals surface area contributed by atoms with Gasteiger partial charge in [-0.25, -0.2) is 0 Å². The minimum absolute atomic E-state index is 0.150. The van der Waals surface area contributed by atoms with E-state index >= 15 is 0 Å². The van der Waals surface area contributed by atoms with E-state index in [1.165, 1.54) is 5.69 Å². The van der Waals surface area contributed by atoms with Gasteiger partial charge in [0, 0.05) is 24.3 Å². The van der Waals surface area contributed by atoms with Crippen molar-refractivity contribution in [2.24, 2.45) is 0 Å². The maximum atomic E-state index is 9.34. The van der Waals surface area contributed by atoms with Crippen LogP contribution >= 0.6 is 0 Å². The predicted octanol–water partition coefficient (Wildman–Crippen LogP) is 1.24. The lowest BCUT2D eigenvalue weighted by molar-refractivity contribution is 0.248. The van der Waals surface area contributed by atoms with Crippen LogP contribution in [0.2, 0.25) is 0 Å². The molecular formula is C14H22N2O2. The molecule has 2 atom stereocenters. The number of anilines is 1. The molecule has 1 aliphatic rings. The molecule has 1 aromatic rings. The SMILES string of the molecule is COc1ccc(N2CC(CO)NCCC2C)cc1. The van der Waals surface area contributed by atoms with Gasteiger partial charge in [-0.2, -0.15) is 0 Å². The zero-order valence-corrected chi connectivity index (χ0v) is 11.1. The standard InChI is InChI=1S/C14H22N2O2/c1-11-7-8-15-12(10-17)9-16(11)13-3-5-14(18-2)6-4-13/h3-6,11-12,15,17H,7-10H2,1-2H3. The van der Waals surface area contributed by atoms with Crippen LogP contribution in [0.3, 0.4) is 0 Å². The van der Waals surface area contributed by atoms with Gasteiger partial charge in [-0.3, -0.25) is 0 Å². The van der Waals surface area contributed by atoms with Crippen molar-refractivity contribution in [2.45, 2.75) is 25.4 Å². The van der Waals surface area contributed by atoms with E-state index in [1.54, 1.807) is 7.11 Å². The van der Waals surface area contributed by atoms with Crippen LogP contribution in [-0.2, 0) is 0 Å². The summed E-state index contributed by atoms with van der Waals surface area (Å²) in [7, 11) is 1.68. The second kappa shape index (κ2) is 6.07. The first kappa shape index (κ1) is 13.2. The Balaban J connectivity index is 2.16. The molecular weight excluding hydrogens is 228 g/mol. The normalized spacial score (nSPS) is 24.7. The number of aliphatic hydroxyl groups is 1. The van der Waals surface area contributed by atoms with Crippen LogP contribution < -0.4 is 15.0 Å². The topological polar surface area (TPSA) is 44.7 Å². The molecule has 0 spiro atoms. The first-order valence-corrected chi connectivity index (χ1v) is 6.49. The summed E-state index contributed by atoms with van der Waals surface area (Å²) in [6, 6.07) is 8.74. The van der Waals surface area contributed by atoms with Crippen LogP contribution in [0.4, 0.5) is 5.69 Å². The second-order valence-electron chi connectivity index (χ2n) is 4.82. The Morgan fingerprint density at radius 3 is 2.72 bits per heavy atom. The van der Waals surface area contributed by atoms with E-state index in [-0.39, 0.29) is 12.6 Å². The average molecular weight is 250 g/mol. The summed E-state index contributed by atoms with van der Waals surface area (Å²) in [6.07, 6.45) is 1.09. The van der Waals surface area contributed by atoms with Gasteiger partial charge in [0.15, 0.2) is 0 Å². The van der Waals surface area contributed by atoms with E-state index in [0.29, 0.717) is 6.04 Å². The van der Waals surface area contributed by atoms with Gasteiger partial charge in [-0.15, -0.1) is 0 Å². The van der Waals surface area contributed by atoms with Crippen molar-refractivity contribution in [3.63, 3.8) is 0 Å². The molecule has 0 radical (unpaired) electrons. The minimum Gasteiger partial charge on any atom is -0.497 e. The van der Waals surface area contributed by atoms with Crippen molar-refractivity contribution in [2.75, 3.05) is 31.7 Å². The average Bonchev–Trinajstić information content (AvgIpc) is 2.60. The summed E-state index contributed by atoms with van der Waals surface area (Å²) in [5, 5.41) is 12.7. The fraction of sp³-hybridized carbons (Fsp3) is 0.571. The molecule has 100 valence electrons. The molecule has 1 aromatic carbocycles. The smallest absolute Gasteiger partial charge is 0.119 e. The first-order valence-electron chi connectivity index (χ1n) is 6.49. The van der Waals surface area contributed by atoms with Gasteiger partial charge in [-0.1, -0.05) is 0 Å².